The van der Waals surface area contributed by atoms with E-state index in [1.165, 1.54) is 61.6 Å². The molecule has 1 heterocycles. The Hall–Kier alpha value is -6.12. The highest BCUT2D eigenvalue weighted by molar-refractivity contribution is 5.95. The number of rotatable bonds is 11. The number of amides is 1. The topological polar surface area (TPSA) is 176 Å². The Kier molecular flexibility index (Phi) is 9.74. The Morgan fingerprint density at radius 2 is 1.41 bits per heavy atom. The molecule has 4 aromatic rings. The molecule has 0 unspecified atom stereocenters. The maximum absolute atomic E-state index is 16.1. The molecule has 13 nitrogen and oxygen atoms in total. The monoisotopic (exact) mass is 638 g/mol. The summed E-state index contributed by atoms with van der Waals surface area (Å²) in [6, 6.07) is 11.7. The number of amidine groups is 1. The smallest absolute Gasteiger partial charge is 0.338 e. The van der Waals surface area contributed by atoms with Crippen LogP contribution in [-0.2, 0) is 4.74 Å². The molecule has 1 amide bonds. The number of phenols is 1. The van der Waals surface area contributed by atoms with E-state index in [0.29, 0.717) is 0 Å². The Morgan fingerprint density at radius 3 is 1.98 bits per heavy atom. The Morgan fingerprint density at radius 1 is 0.804 bits per heavy atom. The number of ether oxygens (including phenoxy) is 6. The van der Waals surface area contributed by atoms with Gasteiger partial charge in [-0.3, -0.25) is 10.2 Å². The molecule has 0 fully saturated rings. The summed E-state index contributed by atoms with van der Waals surface area (Å²) < 4.78 is 64.2. The molecule has 0 atom stereocenters. The number of benzene rings is 3. The zero-order valence-electron chi connectivity index (χ0n) is 25.1. The van der Waals surface area contributed by atoms with E-state index in [0.717, 1.165) is 19.2 Å². The van der Waals surface area contributed by atoms with Crippen LogP contribution in [0.4, 0.5) is 8.78 Å². The third kappa shape index (κ3) is 6.83. The van der Waals surface area contributed by atoms with Crippen molar-refractivity contribution in [2.45, 2.75) is 0 Å². The average Bonchev–Trinajstić information content (AvgIpc) is 3.04. The summed E-state index contributed by atoms with van der Waals surface area (Å²) in [6.45, 7) is 0. The summed E-state index contributed by atoms with van der Waals surface area (Å²) >= 11 is 0. The zero-order chi connectivity index (χ0) is 33.7. The van der Waals surface area contributed by atoms with Crippen LogP contribution >= 0.6 is 0 Å². The van der Waals surface area contributed by atoms with Gasteiger partial charge in [0, 0.05) is 25.2 Å². The first-order valence-corrected chi connectivity index (χ1v) is 13.1. The van der Waals surface area contributed by atoms with E-state index in [2.05, 4.69) is 4.98 Å². The molecule has 0 saturated heterocycles. The van der Waals surface area contributed by atoms with Crippen LogP contribution in [0.5, 0.6) is 52.0 Å². The van der Waals surface area contributed by atoms with Crippen molar-refractivity contribution in [2.24, 2.45) is 5.73 Å². The lowest BCUT2D eigenvalue weighted by atomic mass is 10.2. The van der Waals surface area contributed by atoms with E-state index in [4.69, 9.17) is 39.6 Å². The largest absolute Gasteiger partial charge is 0.504 e. The van der Waals surface area contributed by atoms with E-state index in [-0.39, 0.29) is 51.4 Å². The highest BCUT2D eigenvalue weighted by atomic mass is 19.1. The van der Waals surface area contributed by atoms with Crippen LogP contribution in [-0.4, -0.2) is 68.1 Å². The Bertz CT molecular complexity index is 1810. The fourth-order valence-corrected chi connectivity index (χ4v) is 3.95. The first-order valence-electron chi connectivity index (χ1n) is 13.1. The number of aromatic hydroxyl groups is 1. The maximum atomic E-state index is 16.1. The van der Waals surface area contributed by atoms with Gasteiger partial charge in [0.25, 0.3) is 17.7 Å². The molecular formula is C31H28F2N4O9. The van der Waals surface area contributed by atoms with Gasteiger partial charge in [0.05, 0.1) is 26.9 Å². The number of hydrogen-bond donors (Lipinski definition) is 3. The number of esters is 1. The number of hydrogen-bond acceptors (Lipinski definition) is 11. The van der Waals surface area contributed by atoms with Crippen LogP contribution < -0.4 is 29.4 Å². The Labute approximate surface area is 261 Å². The second-order valence-electron chi connectivity index (χ2n) is 9.51. The van der Waals surface area contributed by atoms with Gasteiger partial charge in [-0.15, -0.1) is 0 Å². The molecule has 0 radical (unpaired) electrons. The molecule has 0 aliphatic carbocycles. The molecule has 1 aromatic heterocycles. The number of nitrogens with zero attached hydrogens (tertiary/aromatic N) is 2. The fraction of sp³-hybridized carbons (Fsp3) is 0.161. The number of aromatic nitrogens is 1. The molecule has 0 aliphatic heterocycles. The SMILES string of the molecule is COC(=O)c1cc(OC)c(Oc2c(F)c(Oc3cccc(C(=O)N(C)C)c3)nc(Oc3cc(C(=N)N)ccc3O)c2F)c(OC)c1. The molecule has 15 heteroatoms. The van der Waals surface area contributed by atoms with Crippen LogP contribution in [0.1, 0.15) is 26.3 Å². The minimum Gasteiger partial charge on any atom is -0.504 e. The van der Waals surface area contributed by atoms with Gasteiger partial charge >= 0.3 is 5.97 Å². The molecule has 4 rings (SSSR count). The molecule has 46 heavy (non-hydrogen) atoms. The number of carbonyl (C=O) groups is 2. The summed E-state index contributed by atoms with van der Waals surface area (Å²) in [5.41, 5.74) is 5.83. The van der Waals surface area contributed by atoms with Gasteiger partial charge in [-0.25, -0.2) is 4.79 Å². The van der Waals surface area contributed by atoms with Crippen molar-refractivity contribution in [3.8, 4) is 52.0 Å². The van der Waals surface area contributed by atoms with Crippen molar-refractivity contribution < 1.29 is 51.9 Å². The van der Waals surface area contributed by atoms with Crippen molar-refractivity contribution in [1.82, 2.24) is 9.88 Å². The van der Waals surface area contributed by atoms with Gasteiger partial charge in [0.15, 0.2) is 23.0 Å². The second-order valence-corrected chi connectivity index (χ2v) is 9.51. The third-order valence-corrected chi connectivity index (χ3v) is 6.24. The van der Waals surface area contributed by atoms with E-state index in [1.54, 1.807) is 14.1 Å². The van der Waals surface area contributed by atoms with Crippen LogP contribution in [0.25, 0.3) is 0 Å². The van der Waals surface area contributed by atoms with Gasteiger partial charge in [-0.05, 0) is 48.5 Å². The van der Waals surface area contributed by atoms with Gasteiger partial charge in [0.2, 0.25) is 23.1 Å². The molecule has 0 bridgehead atoms. The number of halogens is 2. The average molecular weight is 639 g/mol. The van der Waals surface area contributed by atoms with Crippen LogP contribution in [0.3, 0.4) is 0 Å². The number of pyridine rings is 1. The van der Waals surface area contributed by atoms with Crippen LogP contribution in [0.2, 0.25) is 0 Å². The maximum Gasteiger partial charge on any atom is 0.338 e. The van der Waals surface area contributed by atoms with E-state index in [1.807, 2.05) is 0 Å². The van der Waals surface area contributed by atoms with Crippen LogP contribution in [0, 0.1) is 17.0 Å². The standard InChI is InChI=1S/C31H28F2N4O9/c1-37(2)30(39)16-7-6-8-18(11-16)44-28-23(32)26(46-25-21(41-3)13-17(31(40)43-5)14-22(25)42-4)24(33)29(36-28)45-20-12-15(27(34)35)9-10-19(20)38/h6-14,38H,1-5H3,(H3,34,35). The number of phenolic OH excluding ortho intramolecular Hbond substituents is 1. The predicted molar refractivity (Wildman–Crippen MR) is 159 cm³/mol. The Balaban J connectivity index is 1.89. The lowest BCUT2D eigenvalue weighted by Crippen LogP contribution is -2.21. The quantitative estimate of drug-likeness (QED) is 0.111. The number of nitrogen functional groups attached to an aromatic ring is 1. The van der Waals surface area contributed by atoms with E-state index < -0.39 is 46.6 Å². The summed E-state index contributed by atoms with van der Waals surface area (Å²) in [5.74, 6) is -8.94. The van der Waals surface area contributed by atoms with E-state index in [9.17, 15) is 14.7 Å². The van der Waals surface area contributed by atoms with Crippen molar-refractivity contribution in [3.05, 3.63) is 82.9 Å². The normalized spacial score (nSPS) is 10.5. The number of carbonyl (C=O) groups excluding carboxylic acids is 2. The lowest BCUT2D eigenvalue weighted by molar-refractivity contribution is 0.0599. The predicted octanol–water partition coefficient (Wildman–Crippen LogP) is 5.23. The summed E-state index contributed by atoms with van der Waals surface area (Å²) in [5, 5.41) is 18.0. The molecule has 240 valence electrons. The van der Waals surface area contributed by atoms with Gasteiger partial charge in [-0.1, -0.05) is 6.07 Å². The van der Waals surface area contributed by atoms with Crippen LogP contribution in [0.15, 0.2) is 54.6 Å². The zero-order valence-corrected chi connectivity index (χ0v) is 25.1. The minimum atomic E-state index is -1.49. The van der Waals surface area contributed by atoms with Crippen molar-refractivity contribution >= 4 is 17.7 Å². The molecule has 4 N–H and O–H groups in total. The fourth-order valence-electron chi connectivity index (χ4n) is 3.95. The highest BCUT2D eigenvalue weighted by Gasteiger charge is 2.29. The first kappa shape index (κ1) is 32.8. The second kappa shape index (κ2) is 13.7. The molecule has 0 spiro atoms. The molecule has 0 saturated carbocycles. The summed E-state index contributed by atoms with van der Waals surface area (Å²) in [7, 11) is 6.68. The van der Waals surface area contributed by atoms with Gasteiger partial charge in [-0.2, -0.15) is 13.8 Å². The van der Waals surface area contributed by atoms with Crippen molar-refractivity contribution in [1.29, 1.82) is 5.41 Å². The third-order valence-electron chi connectivity index (χ3n) is 6.24. The van der Waals surface area contributed by atoms with Crippen molar-refractivity contribution in [2.75, 3.05) is 35.4 Å². The number of nitrogens with one attached hydrogen (secondary N) is 1. The van der Waals surface area contributed by atoms with Gasteiger partial charge in [0.1, 0.15) is 11.6 Å². The van der Waals surface area contributed by atoms with E-state index >= 15 is 8.78 Å². The number of methoxy groups -OCH3 is 3. The lowest BCUT2D eigenvalue weighted by Gasteiger charge is -2.18. The first-order chi connectivity index (χ1) is 21.9. The molecule has 3 aromatic carbocycles. The molecule has 0 aliphatic rings. The molecular weight excluding hydrogens is 610 g/mol. The highest BCUT2D eigenvalue weighted by Crippen LogP contribution is 2.46. The summed E-state index contributed by atoms with van der Waals surface area (Å²) in [6.07, 6.45) is 0. The van der Waals surface area contributed by atoms with Gasteiger partial charge < -0.3 is 44.2 Å². The number of nitrogens with two attached hydrogens (primary N) is 1. The summed E-state index contributed by atoms with van der Waals surface area (Å²) in [4.78, 5) is 29.8. The minimum absolute atomic E-state index is 0.0137. The van der Waals surface area contributed by atoms with Crippen molar-refractivity contribution in [3.63, 3.8) is 0 Å².